The Morgan fingerprint density at radius 1 is 1.37 bits per heavy atom. The summed E-state index contributed by atoms with van der Waals surface area (Å²) in [5.74, 6) is -0.420. The third kappa shape index (κ3) is 3.57. The molecule has 1 atom stereocenters. The van der Waals surface area contributed by atoms with E-state index in [0.29, 0.717) is 23.7 Å². The molecule has 1 aromatic heterocycles. The monoisotopic (exact) mass is 267 g/mol. The van der Waals surface area contributed by atoms with E-state index in [-0.39, 0.29) is 12.5 Å². The molecule has 102 valence electrons. The van der Waals surface area contributed by atoms with Crippen molar-refractivity contribution in [1.82, 2.24) is 10.1 Å². The van der Waals surface area contributed by atoms with Gasteiger partial charge in [0.25, 0.3) is 0 Å². The standard InChI is InChI=1S/C13H15F2N3O/c1-2-10(16)7-13-17-12(18-19-13)5-8-3-4-9(14)6-11(8)15/h3-4,6,10H,2,5,7,16H2,1H3. The maximum Gasteiger partial charge on any atom is 0.228 e. The van der Waals surface area contributed by atoms with Gasteiger partial charge in [-0.05, 0) is 18.1 Å². The third-order valence-electron chi connectivity index (χ3n) is 2.84. The van der Waals surface area contributed by atoms with Gasteiger partial charge in [0.05, 0.1) is 0 Å². The summed E-state index contributed by atoms with van der Waals surface area (Å²) in [6, 6.07) is 3.38. The van der Waals surface area contributed by atoms with Crippen LogP contribution >= 0.6 is 0 Å². The van der Waals surface area contributed by atoms with Crippen LogP contribution in [-0.2, 0) is 12.8 Å². The molecule has 1 unspecified atom stereocenters. The van der Waals surface area contributed by atoms with Gasteiger partial charge in [0, 0.05) is 24.9 Å². The Hall–Kier alpha value is -1.82. The first kappa shape index (κ1) is 13.6. The molecule has 2 aromatic rings. The summed E-state index contributed by atoms with van der Waals surface area (Å²) in [6.45, 7) is 1.97. The predicted octanol–water partition coefficient (Wildman–Crippen LogP) is 2.22. The molecule has 2 N–H and O–H groups in total. The quantitative estimate of drug-likeness (QED) is 0.902. The number of halogens is 2. The number of hydrogen-bond acceptors (Lipinski definition) is 4. The Bertz CT molecular complexity index is 557. The number of aromatic nitrogens is 2. The van der Waals surface area contributed by atoms with Crippen molar-refractivity contribution >= 4 is 0 Å². The van der Waals surface area contributed by atoms with Crippen LogP contribution < -0.4 is 5.73 Å². The van der Waals surface area contributed by atoms with Gasteiger partial charge < -0.3 is 10.3 Å². The molecule has 0 amide bonds. The smallest absolute Gasteiger partial charge is 0.228 e. The molecule has 1 aromatic carbocycles. The van der Waals surface area contributed by atoms with Crippen LogP contribution in [0.25, 0.3) is 0 Å². The summed E-state index contributed by atoms with van der Waals surface area (Å²) in [4.78, 5) is 4.14. The number of nitrogens with zero attached hydrogens (tertiary/aromatic N) is 2. The van der Waals surface area contributed by atoms with Gasteiger partial charge in [0.15, 0.2) is 5.82 Å². The lowest BCUT2D eigenvalue weighted by molar-refractivity contribution is 0.363. The van der Waals surface area contributed by atoms with Crippen LogP contribution in [0.5, 0.6) is 0 Å². The minimum Gasteiger partial charge on any atom is -0.339 e. The molecule has 6 heteroatoms. The lowest BCUT2D eigenvalue weighted by Crippen LogP contribution is -2.21. The zero-order chi connectivity index (χ0) is 13.8. The predicted molar refractivity (Wildman–Crippen MR) is 65.4 cm³/mol. The van der Waals surface area contributed by atoms with E-state index in [4.69, 9.17) is 10.3 Å². The van der Waals surface area contributed by atoms with Crippen LogP contribution in [0, 0.1) is 11.6 Å². The van der Waals surface area contributed by atoms with Crippen LogP contribution in [0.1, 0.15) is 30.6 Å². The number of hydrogen-bond donors (Lipinski definition) is 1. The number of benzene rings is 1. The molecule has 0 radical (unpaired) electrons. The second-order valence-corrected chi connectivity index (χ2v) is 4.39. The average Bonchev–Trinajstić information content (AvgIpc) is 2.80. The van der Waals surface area contributed by atoms with Crippen molar-refractivity contribution in [2.24, 2.45) is 5.73 Å². The van der Waals surface area contributed by atoms with Crippen molar-refractivity contribution in [1.29, 1.82) is 0 Å². The van der Waals surface area contributed by atoms with Gasteiger partial charge in [0.2, 0.25) is 5.89 Å². The Morgan fingerprint density at radius 3 is 2.84 bits per heavy atom. The second kappa shape index (κ2) is 5.88. The first-order chi connectivity index (χ1) is 9.08. The molecule has 0 aliphatic rings. The molecule has 0 fully saturated rings. The Kier molecular flexibility index (Phi) is 4.21. The first-order valence-electron chi connectivity index (χ1n) is 6.09. The Balaban J connectivity index is 2.07. The fraction of sp³-hybridized carbons (Fsp3) is 0.385. The molecule has 0 saturated heterocycles. The van der Waals surface area contributed by atoms with Gasteiger partial charge in [-0.2, -0.15) is 4.98 Å². The molecule has 0 bridgehead atoms. The fourth-order valence-electron chi connectivity index (χ4n) is 1.65. The highest BCUT2D eigenvalue weighted by Gasteiger charge is 2.12. The summed E-state index contributed by atoms with van der Waals surface area (Å²) in [7, 11) is 0. The third-order valence-corrected chi connectivity index (χ3v) is 2.84. The minimum absolute atomic E-state index is 0.0316. The van der Waals surface area contributed by atoms with E-state index >= 15 is 0 Å². The van der Waals surface area contributed by atoms with Crippen LogP contribution in [0.4, 0.5) is 8.78 Å². The topological polar surface area (TPSA) is 64.9 Å². The molecule has 2 rings (SSSR count). The SMILES string of the molecule is CCC(N)Cc1nc(Cc2ccc(F)cc2F)no1. The van der Waals surface area contributed by atoms with Crippen LogP contribution in [0.15, 0.2) is 22.7 Å². The summed E-state index contributed by atoms with van der Waals surface area (Å²) in [5, 5.41) is 3.76. The van der Waals surface area contributed by atoms with Crippen molar-refractivity contribution in [3.63, 3.8) is 0 Å². The van der Waals surface area contributed by atoms with Crippen molar-refractivity contribution in [3.05, 3.63) is 47.1 Å². The Morgan fingerprint density at radius 2 is 2.16 bits per heavy atom. The highest BCUT2D eigenvalue weighted by atomic mass is 19.1. The highest BCUT2D eigenvalue weighted by Crippen LogP contribution is 2.13. The van der Waals surface area contributed by atoms with Gasteiger partial charge in [0.1, 0.15) is 11.6 Å². The summed E-state index contributed by atoms with van der Waals surface area (Å²) in [5.41, 5.74) is 6.11. The molecule has 4 nitrogen and oxygen atoms in total. The first-order valence-corrected chi connectivity index (χ1v) is 6.09. The van der Waals surface area contributed by atoms with Gasteiger partial charge >= 0.3 is 0 Å². The molecule has 0 spiro atoms. The van der Waals surface area contributed by atoms with Crippen LogP contribution in [-0.4, -0.2) is 16.2 Å². The van der Waals surface area contributed by atoms with E-state index in [9.17, 15) is 8.78 Å². The molecule has 0 aliphatic heterocycles. The van der Waals surface area contributed by atoms with E-state index in [1.54, 1.807) is 0 Å². The average molecular weight is 267 g/mol. The summed E-state index contributed by atoms with van der Waals surface area (Å²) in [6.07, 6.45) is 1.47. The Labute approximate surface area is 109 Å². The molecular weight excluding hydrogens is 252 g/mol. The lowest BCUT2D eigenvalue weighted by atomic mass is 10.1. The van der Waals surface area contributed by atoms with E-state index in [1.807, 2.05) is 6.92 Å². The summed E-state index contributed by atoms with van der Waals surface area (Å²) >= 11 is 0. The maximum atomic E-state index is 13.5. The van der Waals surface area contributed by atoms with Crippen LogP contribution in [0.3, 0.4) is 0 Å². The van der Waals surface area contributed by atoms with Gasteiger partial charge in [-0.15, -0.1) is 0 Å². The molecular formula is C13H15F2N3O. The lowest BCUT2D eigenvalue weighted by Gasteiger charge is -2.02. The normalized spacial score (nSPS) is 12.6. The van der Waals surface area contributed by atoms with E-state index in [2.05, 4.69) is 10.1 Å². The van der Waals surface area contributed by atoms with Gasteiger partial charge in [-0.25, -0.2) is 8.78 Å². The zero-order valence-electron chi connectivity index (χ0n) is 10.6. The molecule has 19 heavy (non-hydrogen) atoms. The highest BCUT2D eigenvalue weighted by molar-refractivity contribution is 5.21. The summed E-state index contributed by atoms with van der Waals surface area (Å²) < 4.78 is 31.3. The van der Waals surface area contributed by atoms with Gasteiger partial charge in [-0.1, -0.05) is 18.1 Å². The minimum atomic E-state index is -0.614. The second-order valence-electron chi connectivity index (χ2n) is 4.39. The fourth-order valence-corrected chi connectivity index (χ4v) is 1.65. The zero-order valence-corrected chi connectivity index (χ0v) is 10.6. The van der Waals surface area contributed by atoms with Gasteiger partial charge in [-0.3, -0.25) is 0 Å². The van der Waals surface area contributed by atoms with Crippen molar-refractivity contribution in [2.75, 3.05) is 0 Å². The van der Waals surface area contributed by atoms with Crippen molar-refractivity contribution in [3.8, 4) is 0 Å². The van der Waals surface area contributed by atoms with E-state index in [0.717, 1.165) is 12.5 Å². The molecule has 0 saturated carbocycles. The largest absolute Gasteiger partial charge is 0.339 e. The van der Waals surface area contributed by atoms with Crippen molar-refractivity contribution < 1.29 is 13.3 Å². The number of nitrogens with two attached hydrogens (primary N) is 1. The van der Waals surface area contributed by atoms with E-state index in [1.165, 1.54) is 12.1 Å². The maximum absolute atomic E-state index is 13.5. The number of rotatable bonds is 5. The molecule has 1 heterocycles. The van der Waals surface area contributed by atoms with E-state index < -0.39 is 11.6 Å². The van der Waals surface area contributed by atoms with Crippen LogP contribution in [0.2, 0.25) is 0 Å². The molecule has 0 aliphatic carbocycles. The van der Waals surface area contributed by atoms with Crippen molar-refractivity contribution in [2.45, 2.75) is 32.2 Å².